The molecule has 1 fully saturated rings. The minimum Gasteiger partial charge on any atom is -0.350 e. The van der Waals surface area contributed by atoms with Crippen molar-refractivity contribution in [2.24, 2.45) is 13.0 Å². The molecule has 3 heterocycles. The van der Waals surface area contributed by atoms with Crippen molar-refractivity contribution in [2.45, 2.75) is 25.9 Å². The van der Waals surface area contributed by atoms with E-state index in [0.717, 1.165) is 17.0 Å². The van der Waals surface area contributed by atoms with Gasteiger partial charge >= 0.3 is 0 Å². The van der Waals surface area contributed by atoms with E-state index in [-0.39, 0.29) is 24.3 Å². The van der Waals surface area contributed by atoms with E-state index in [1.54, 1.807) is 24.3 Å². The molecule has 2 atom stereocenters. The lowest BCUT2D eigenvalue weighted by atomic mass is 9.94. The summed E-state index contributed by atoms with van der Waals surface area (Å²) >= 11 is 0. The molecular formula is C18H22N4O2. The smallest absolute Gasteiger partial charge is 0.226 e. The number of amides is 2. The lowest BCUT2D eigenvalue weighted by Crippen LogP contribution is -2.34. The second-order valence-electron chi connectivity index (χ2n) is 6.29. The number of rotatable bonds is 4. The second kappa shape index (κ2) is 6.47. The number of hydrogen-bond donors (Lipinski definition) is 1. The number of aromatic nitrogens is 2. The number of nitrogens with zero attached hydrogens (tertiary/aromatic N) is 3. The molecule has 1 N–H and O–H groups in total. The van der Waals surface area contributed by atoms with Gasteiger partial charge in [-0.1, -0.05) is 6.07 Å². The third-order valence-corrected chi connectivity index (χ3v) is 4.87. The summed E-state index contributed by atoms with van der Waals surface area (Å²) in [5.41, 5.74) is 3.07. The van der Waals surface area contributed by atoms with Crippen LogP contribution in [0.15, 0.2) is 36.7 Å². The first-order valence-electron chi connectivity index (χ1n) is 8.03. The molecule has 1 saturated heterocycles. The van der Waals surface area contributed by atoms with Crippen LogP contribution in [0, 0.1) is 12.8 Å². The number of nitrogens with one attached hydrogen (secondary N) is 1. The maximum atomic E-state index is 12.7. The van der Waals surface area contributed by atoms with Crippen molar-refractivity contribution < 1.29 is 9.59 Å². The average molecular weight is 326 g/mol. The van der Waals surface area contributed by atoms with Gasteiger partial charge in [-0.3, -0.25) is 14.6 Å². The fourth-order valence-corrected chi connectivity index (χ4v) is 3.26. The van der Waals surface area contributed by atoms with Crippen molar-refractivity contribution in [3.8, 4) is 0 Å². The lowest BCUT2D eigenvalue weighted by molar-refractivity contribution is -0.128. The molecule has 0 aliphatic carbocycles. The predicted octanol–water partition coefficient (Wildman–Crippen LogP) is 1.56. The molecule has 0 aromatic carbocycles. The van der Waals surface area contributed by atoms with E-state index < -0.39 is 5.92 Å². The van der Waals surface area contributed by atoms with Crippen molar-refractivity contribution >= 4 is 11.8 Å². The number of likely N-dealkylation sites (tertiary alicyclic amines) is 1. The van der Waals surface area contributed by atoms with E-state index >= 15 is 0 Å². The minimum absolute atomic E-state index is 0.0151. The summed E-state index contributed by atoms with van der Waals surface area (Å²) in [4.78, 5) is 30.6. The molecule has 2 unspecified atom stereocenters. The molecule has 0 spiro atoms. The number of aryl methyl sites for hydroxylation is 1. The Hall–Kier alpha value is -2.63. The molecule has 2 aromatic rings. The normalized spacial score (nSPS) is 20.5. The molecule has 1 aliphatic heterocycles. The number of carbonyl (C=O) groups excluding carboxylic acids is 2. The van der Waals surface area contributed by atoms with E-state index in [4.69, 9.17) is 0 Å². The van der Waals surface area contributed by atoms with Gasteiger partial charge in [-0.05, 0) is 30.7 Å². The molecule has 6 heteroatoms. The van der Waals surface area contributed by atoms with Crippen LogP contribution in [-0.2, 0) is 23.2 Å². The summed E-state index contributed by atoms with van der Waals surface area (Å²) in [5, 5.41) is 2.98. The highest BCUT2D eigenvalue weighted by molar-refractivity contribution is 5.90. The molecular weight excluding hydrogens is 304 g/mol. The van der Waals surface area contributed by atoms with Crippen molar-refractivity contribution in [3.05, 3.63) is 53.6 Å². The third-order valence-electron chi connectivity index (χ3n) is 4.87. The van der Waals surface area contributed by atoms with E-state index in [0.29, 0.717) is 6.54 Å². The van der Waals surface area contributed by atoms with Gasteiger partial charge in [0.15, 0.2) is 0 Å². The number of hydrogen-bond acceptors (Lipinski definition) is 3. The quantitative estimate of drug-likeness (QED) is 0.927. The van der Waals surface area contributed by atoms with Gasteiger partial charge in [-0.25, -0.2) is 0 Å². The average Bonchev–Trinajstić information content (AvgIpc) is 3.07. The molecule has 1 aliphatic rings. The first kappa shape index (κ1) is 16.2. The standard InChI is InChI=1S/C18H22N4O2/c1-12-6-7-14(21(12)2)11-20-18(24)15-9-16(23)22(3)17(15)13-5-4-8-19-10-13/h4-8,10,15,17H,9,11H2,1-3H3,(H,20,24). The molecule has 24 heavy (non-hydrogen) atoms. The molecule has 3 rings (SSSR count). The largest absolute Gasteiger partial charge is 0.350 e. The zero-order chi connectivity index (χ0) is 17.3. The fraction of sp³-hybridized carbons (Fsp3) is 0.389. The minimum atomic E-state index is -0.395. The van der Waals surface area contributed by atoms with Gasteiger partial charge in [0, 0.05) is 44.3 Å². The Kier molecular flexibility index (Phi) is 4.38. The van der Waals surface area contributed by atoms with Crippen molar-refractivity contribution in [1.29, 1.82) is 0 Å². The Bertz CT molecular complexity index is 754. The monoisotopic (exact) mass is 326 g/mol. The van der Waals surface area contributed by atoms with Crippen LogP contribution in [0.1, 0.15) is 29.4 Å². The lowest BCUT2D eigenvalue weighted by Gasteiger charge is -2.24. The van der Waals surface area contributed by atoms with Crippen LogP contribution >= 0.6 is 0 Å². The Morgan fingerprint density at radius 1 is 1.33 bits per heavy atom. The second-order valence-corrected chi connectivity index (χ2v) is 6.29. The van der Waals surface area contributed by atoms with Crippen molar-refractivity contribution in [1.82, 2.24) is 19.8 Å². The molecule has 2 aromatic heterocycles. The van der Waals surface area contributed by atoms with Crippen LogP contribution in [0.3, 0.4) is 0 Å². The molecule has 6 nitrogen and oxygen atoms in total. The molecule has 2 amide bonds. The summed E-state index contributed by atoms with van der Waals surface area (Å²) in [6.07, 6.45) is 3.64. The first-order valence-corrected chi connectivity index (χ1v) is 8.03. The van der Waals surface area contributed by atoms with Gasteiger partial charge < -0.3 is 14.8 Å². The maximum absolute atomic E-state index is 12.7. The first-order chi connectivity index (χ1) is 11.5. The van der Waals surface area contributed by atoms with Gasteiger partial charge in [-0.2, -0.15) is 0 Å². The number of pyridine rings is 1. The summed E-state index contributed by atoms with van der Waals surface area (Å²) in [7, 11) is 3.72. The third kappa shape index (κ3) is 2.91. The SMILES string of the molecule is Cc1ccc(CNC(=O)C2CC(=O)N(C)C2c2cccnc2)n1C. The maximum Gasteiger partial charge on any atom is 0.226 e. The Morgan fingerprint density at radius 3 is 2.75 bits per heavy atom. The Morgan fingerprint density at radius 2 is 2.12 bits per heavy atom. The highest BCUT2D eigenvalue weighted by atomic mass is 16.2. The molecule has 0 bridgehead atoms. The van der Waals surface area contributed by atoms with Crippen LogP contribution in [0.4, 0.5) is 0 Å². The molecule has 0 radical (unpaired) electrons. The van der Waals surface area contributed by atoms with Crippen LogP contribution < -0.4 is 5.32 Å². The van der Waals surface area contributed by atoms with Crippen molar-refractivity contribution in [3.63, 3.8) is 0 Å². The van der Waals surface area contributed by atoms with Gasteiger partial charge in [0.05, 0.1) is 18.5 Å². The van der Waals surface area contributed by atoms with E-state index in [9.17, 15) is 9.59 Å². The highest BCUT2D eigenvalue weighted by Gasteiger charge is 2.42. The Labute approximate surface area is 141 Å². The Balaban J connectivity index is 1.75. The number of carbonyl (C=O) groups is 2. The van der Waals surface area contributed by atoms with Gasteiger partial charge in [-0.15, -0.1) is 0 Å². The summed E-state index contributed by atoms with van der Waals surface area (Å²) in [5.74, 6) is -0.507. The molecule has 0 saturated carbocycles. The van der Waals surface area contributed by atoms with Crippen LogP contribution in [-0.4, -0.2) is 33.3 Å². The van der Waals surface area contributed by atoms with E-state index in [2.05, 4.69) is 10.3 Å². The predicted molar refractivity (Wildman–Crippen MR) is 89.9 cm³/mol. The topological polar surface area (TPSA) is 67.2 Å². The van der Waals surface area contributed by atoms with E-state index in [1.807, 2.05) is 42.8 Å². The van der Waals surface area contributed by atoms with Gasteiger partial charge in [0.25, 0.3) is 0 Å². The zero-order valence-corrected chi connectivity index (χ0v) is 14.2. The zero-order valence-electron chi connectivity index (χ0n) is 14.2. The van der Waals surface area contributed by atoms with E-state index in [1.165, 1.54) is 0 Å². The fourth-order valence-electron chi connectivity index (χ4n) is 3.26. The highest BCUT2D eigenvalue weighted by Crippen LogP contribution is 2.36. The van der Waals surface area contributed by atoms with Crippen LogP contribution in [0.2, 0.25) is 0 Å². The summed E-state index contributed by atoms with van der Waals surface area (Å²) in [6.45, 7) is 2.48. The summed E-state index contributed by atoms with van der Waals surface area (Å²) < 4.78 is 2.05. The van der Waals surface area contributed by atoms with Crippen LogP contribution in [0.5, 0.6) is 0 Å². The van der Waals surface area contributed by atoms with Gasteiger partial charge in [0.1, 0.15) is 0 Å². The van der Waals surface area contributed by atoms with Gasteiger partial charge in [0.2, 0.25) is 11.8 Å². The van der Waals surface area contributed by atoms with Crippen LogP contribution in [0.25, 0.3) is 0 Å². The summed E-state index contributed by atoms with van der Waals surface area (Å²) in [6, 6.07) is 7.50. The van der Waals surface area contributed by atoms with Crippen molar-refractivity contribution in [2.75, 3.05) is 7.05 Å². The molecule has 126 valence electrons.